The molecule has 0 saturated carbocycles. The summed E-state index contributed by atoms with van der Waals surface area (Å²) in [5.41, 5.74) is -1.15. The van der Waals surface area contributed by atoms with Crippen molar-refractivity contribution in [2.45, 2.75) is 50.0 Å². The molecule has 2 aliphatic rings. The van der Waals surface area contributed by atoms with Crippen molar-refractivity contribution in [1.29, 1.82) is 0 Å². The van der Waals surface area contributed by atoms with Crippen molar-refractivity contribution in [3.05, 3.63) is 63.8 Å². The van der Waals surface area contributed by atoms with Crippen molar-refractivity contribution in [2.75, 3.05) is 23.7 Å². The van der Waals surface area contributed by atoms with E-state index in [0.717, 1.165) is 12.1 Å². The SMILES string of the molecule is C=CC(=O)N1CC(C)N(c2nc(=O)n3c4c(c(-c5ccc(F)c(Cl)c5)c(C(F)(F)F)cc24)SCCC3)C[C@H]1C. The summed E-state index contributed by atoms with van der Waals surface area (Å²) in [7, 11) is 0. The van der Waals surface area contributed by atoms with Crippen LogP contribution >= 0.6 is 23.4 Å². The molecule has 2 aliphatic heterocycles. The maximum Gasteiger partial charge on any atom is 0.417 e. The third-order valence-electron chi connectivity index (χ3n) is 7.20. The summed E-state index contributed by atoms with van der Waals surface area (Å²) in [6, 6.07) is 3.89. The Bertz CT molecular complexity index is 1560. The van der Waals surface area contributed by atoms with Crippen molar-refractivity contribution < 1.29 is 22.4 Å². The van der Waals surface area contributed by atoms with Crippen LogP contribution in [0.3, 0.4) is 0 Å². The molecule has 0 spiro atoms. The number of rotatable bonds is 3. The van der Waals surface area contributed by atoms with Gasteiger partial charge in [-0.1, -0.05) is 24.2 Å². The number of alkyl halides is 3. The second-order valence-electron chi connectivity index (χ2n) is 9.77. The van der Waals surface area contributed by atoms with Crippen molar-refractivity contribution in [1.82, 2.24) is 14.5 Å². The quantitative estimate of drug-likeness (QED) is 0.282. The number of carbonyl (C=O) groups excluding carboxylic acids is 1. The number of halogens is 5. The number of thioether (sulfide) groups is 1. The number of nitrogens with zero attached hydrogens (tertiary/aromatic N) is 4. The Kier molecular flexibility index (Phi) is 7.17. The van der Waals surface area contributed by atoms with E-state index < -0.39 is 23.2 Å². The zero-order valence-corrected chi connectivity index (χ0v) is 22.8. The van der Waals surface area contributed by atoms with Crippen LogP contribution in [0.1, 0.15) is 25.8 Å². The summed E-state index contributed by atoms with van der Waals surface area (Å²) in [5, 5.41) is -0.0973. The Labute approximate surface area is 231 Å². The van der Waals surface area contributed by atoms with Gasteiger partial charge in [0.05, 0.1) is 16.1 Å². The van der Waals surface area contributed by atoms with Crippen molar-refractivity contribution in [3.8, 4) is 11.1 Å². The van der Waals surface area contributed by atoms with Gasteiger partial charge in [-0.15, -0.1) is 11.8 Å². The summed E-state index contributed by atoms with van der Waals surface area (Å²) < 4.78 is 59.4. The molecule has 1 amide bonds. The number of carbonyl (C=O) groups is 1. The molecule has 1 saturated heterocycles. The zero-order chi connectivity index (χ0) is 28.2. The second kappa shape index (κ2) is 10.2. The molecule has 1 fully saturated rings. The highest BCUT2D eigenvalue weighted by Crippen LogP contribution is 2.48. The lowest BCUT2D eigenvalue weighted by atomic mass is 9.96. The van der Waals surface area contributed by atoms with E-state index in [2.05, 4.69) is 11.6 Å². The molecule has 0 N–H and O–H groups in total. The molecule has 6 nitrogen and oxygen atoms in total. The van der Waals surface area contributed by atoms with Gasteiger partial charge in [-0.25, -0.2) is 9.18 Å². The van der Waals surface area contributed by atoms with Crippen LogP contribution in [-0.4, -0.2) is 51.3 Å². The minimum atomic E-state index is -4.76. The fraction of sp³-hybridized carbons (Fsp3) is 0.370. The first-order valence-electron chi connectivity index (χ1n) is 12.4. The Morgan fingerprint density at radius 2 is 1.95 bits per heavy atom. The van der Waals surface area contributed by atoms with E-state index in [0.29, 0.717) is 24.2 Å². The van der Waals surface area contributed by atoms with E-state index in [1.165, 1.54) is 34.5 Å². The van der Waals surface area contributed by atoms with Gasteiger partial charge in [-0.3, -0.25) is 9.36 Å². The van der Waals surface area contributed by atoms with Crippen molar-refractivity contribution in [3.63, 3.8) is 0 Å². The van der Waals surface area contributed by atoms with E-state index in [9.17, 15) is 27.2 Å². The van der Waals surface area contributed by atoms with Gasteiger partial charge in [0, 0.05) is 47.6 Å². The summed E-state index contributed by atoms with van der Waals surface area (Å²) >= 11 is 7.21. The fourth-order valence-corrected chi connectivity index (χ4v) is 6.75. The first-order chi connectivity index (χ1) is 18.4. The lowest BCUT2D eigenvalue weighted by Crippen LogP contribution is -2.58. The topological polar surface area (TPSA) is 58.4 Å². The van der Waals surface area contributed by atoms with E-state index in [1.807, 2.05) is 13.8 Å². The molecule has 206 valence electrons. The highest BCUT2D eigenvalue weighted by atomic mass is 35.5. The van der Waals surface area contributed by atoms with Crippen LogP contribution in [0, 0.1) is 5.82 Å². The average molecular weight is 581 g/mol. The molecule has 3 aromatic rings. The minimum Gasteiger partial charge on any atom is -0.349 e. The monoisotopic (exact) mass is 580 g/mol. The molecule has 2 atom stereocenters. The normalized spacial score (nSPS) is 19.8. The highest BCUT2D eigenvalue weighted by Gasteiger charge is 2.39. The van der Waals surface area contributed by atoms with Crippen LogP contribution in [0.25, 0.3) is 22.0 Å². The lowest BCUT2D eigenvalue weighted by molar-refractivity contribution is -0.137. The molecule has 39 heavy (non-hydrogen) atoms. The van der Waals surface area contributed by atoms with Crippen molar-refractivity contribution >= 4 is 46.0 Å². The second-order valence-corrected chi connectivity index (χ2v) is 11.3. The molecule has 2 aromatic carbocycles. The van der Waals surface area contributed by atoms with Gasteiger partial charge in [0.15, 0.2) is 0 Å². The van der Waals surface area contributed by atoms with Crippen LogP contribution < -0.4 is 10.6 Å². The van der Waals surface area contributed by atoms with Gasteiger partial charge >= 0.3 is 11.9 Å². The molecule has 1 aromatic heterocycles. The number of aryl methyl sites for hydroxylation is 1. The maximum absolute atomic E-state index is 14.7. The number of anilines is 1. The van der Waals surface area contributed by atoms with Gasteiger partial charge in [0.1, 0.15) is 11.6 Å². The van der Waals surface area contributed by atoms with Crippen LogP contribution in [-0.2, 0) is 17.5 Å². The van der Waals surface area contributed by atoms with Crippen LogP contribution in [0.5, 0.6) is 0 Å². The number of hydrogen-bond acceptors (Lipinski definition) is 5. The third kappa shape index (κ3) is 4.80. The Hall–Kier alpha value is -3.05. The molecule has 12 heteroatoms. The molecule has 0 bridgehead atoms. The number of piperazine rings is 1. The first kappa shape index (κ1) is 27.5. The summed E-state index contributed by atoms with van der Waals surface area (Å²) in [4.78, 5) is 33.7. The van der Waals surface area contributed by atoms with Gasteiger partial charge in [0.2, 0.25) is 5.91 Å². The fourth-order valence-electron chi connectivity index (χ4n) is 5.36. The summed E-state index contributed by atoms with van der Waals surface area (Å²) in [6.45, 7) is 8.07. The standard InChI is InChI=1S/C27H25ClF4N4O2S/c1-4-21(37)35-12-15(3)36(13-14(35)2)25-17-11-18(27(30,31)32)22(16-6-7-20(29)19(28)10-16)24-23(17)34(26(38)33-25)8-5-9-39-24/h4,6-7,10-11,14-15H,1,5,8-9,12-13H2,2-3H3/t14-,15?/m1/s1. The molecule has 1 unspecified atom stereocenters. The van der Waals surface area contributed by atoms with E-state index in [1.54, 1.807) is 9.80 Å². The average Bonchev–Trinajstić information content (AvgIpc) is 3.11. The molecule has 0 radical (unpaired) electrons. The molecular formula is C27H25ClF4N4O2S. The van der Waals surface area contributed by atoms with Crippen LogP contribution in [0.15, 0.2) is 46.6 Å². The lowest BCUT2D eigenvalue weighted by Gasteiger charge is -2.44. The molecule has 0 aliphatic carbocycles. The number of hydrogen-bond donors (Lipinski definition) is 0. The number of aromatic nitrogens is 2. The predicted molar refractivity (Wildman–Crippen MR) is 145 cm³/mol. The van der Waals surface area contributed by atoms with Gasteiger partial charge in [-0.2, -0.15) is 18.2 Å². The molecular weight excluding hydrogens is 556 g/mol. The highest BCUT2D eigenvalue weighted by molar-refractivity contribution is 7.99. The Morgan fingerprint density at radius 1 is 1.21 bits per heavy atom. The minimum absolute atomic E-state index is 0.107. The molecule has 5 rings (SSSR count). The maximum atomic E-state index is 14.7. The van der Waals surface area contributed by atoms with Gasteiger partial charge in [-0.05, 0) is 55.9 Å². The number of amides is 1. The summed E-state index contributed by atoms with van der Waals surface area (Å²) in [5.74, 6) is -0.359. The zero-order valence-electron chi connectivity index (χ0n) is 21.2. The summed E-state index contributed by atoms with van der Waals surface area (Å²) in [6.07, 6.45) is -2.98. The first-order valence-corrected chi connectivity index (χ1v) is 13.7. The molecule has 3 heterocycles. The van der Waals surface area contributed by atoms with E-state index in [4.69, 9.17) is 11.6 Å². The van der Waals surface area contributed by atoms with Crippen LogP contribution in [0.4, 0.5) is 23.4 Å². The van der Waals surface area contributed by atoms with Crippen molar-refractivity contribution in [2.24, 2.45) is 0 Å². The number of benzene rings is 2. The van der Waals surface area contributed by atoms with Gasteiger partial charge in [0.25, 0.3) is 0 Å². The van der Waals surface area contributed by atoms with Crippen LogP contribution in [0.2, 0.25) is 5.02 Å². The van der Waals surface area contributed by atoms with E-state index in [-0.39, 0.29) is 63.3 Å². The van der Waals surface area contributed by atoms with E-state index >= 15 is 0 Å². The Morgan fingerprint density at radius 3 is 2.62 bits per heavy atom. The largest absolute Gasteiger partial charge is 0.417 e. The Balaban J connectivity index is 1.82. The third-order valence-corrected chi connectivity index (χ3v) is 8.67. The van der Waals surface area contributed by atoms with Gasteiger partial charge < -0.3 is 9.80 Å². The predicted octanol–water partition coefficient (Wildman–Crippen LogP) is 5.98. The smallest absolute Gasteiger partial charge is 0.349 e.